The van der Waals surface area contributed by atoms with Gasteiger partial charge in [-0.3, -0.25) is 4.79 Å². The Balaban J connectivity index is 2.64. The Bertz CT molecular complexity index is 356. The number of hydrogen-bond acceptors (Lipinski definition) is 4. The van der Waals surface area contributed by atoms with Crippen molar-refractivity contribution in [3.05, 3.63) is 22.8 Å². The van der Waals surface area contributed by atoms with Crippen LogP contribution in [0.4, 0.5) is 0 Å². The van der Waals surface area contributed by atoms with Crippen LogP contribution in [0.1, 0.15) is 26.2 Å². The first-order valence-corrected chi connectivity index (χ1v) is 7.20. The zero-order valence-corrected chi connectivity index (χ0v) is 12.4. The lowest BCUT2D eigenvalue weighted by Gasteiger charge is -2.13. The van der Waals surface area contributed by atoms with E-state index in [-0.39, 0.29) is 11.2 Å². The first-order valence-electron chi connectivity index (χ1n) is 5.53. The third-order valence-electron chi connectivity index (χ3n) is 2.25. The van der Waals surface area contributed by atoms with Crippen molar-refractivity contribution in [2.75, 3.05) is 7.11 Å². The molecule has 1 aromatic rings. The maximum atomic E-state index is 11.6. The zero-order valence-electron chi connectivity index (χ0n) is 9.98. The Morgan fingerprint density at radius 3 is 2.88 bits per heavy atom. The summed E-state index contributed by atoms with van der Waals surface area (Å²) in [6, 6.07) is 3.82. The van der Waals surface area contributed by atoms with E-state index in [1.807, 2.05) is 12.1 Å². The molecule has 0 spiro atoms. The number of hydrogen-bond donors (Lipinski definition) is 0. The number of ether oxygens (including phenoxy) is 1. The third kappa shape index (κ3) is 5.08. The zero-order chi connectivity index (χ0) is 12.7. The van der Waals surface area contributed by atoms with Gasteiger partial charge in [0.05, 0.1) is 12.1 Å². The molecule has 1 aromatic heterocycles. The van der Waals surface area contributed by atoms with Crippen LogP contribution >= 0.6 is 27.7 Å². The normalized spacial score (nSPS) is 12.2. The summed E-state index contributed by atoms with van der Waals surface area (Å²) < 4.78 is 5.74. The summed E-state index contributed by atoms with van der Waals surface area (Å²) in [5.74, 6) is -0.173. The molecule has 0 aliphatic rings. The van der Waals surface area contributed by atoms with Gasteiger partial charge in [0.1, 0.15) is 5.25 Å². The maximum absolute atomic E-state index is 11.6. The molecule has 3 nitrogen and oxygen atoms in total. The van der Waals surface area contributed by atoms with E-state index in [0.717, 1.165) is 28.8 Å². The van der Waals surface area contributed by atoms with Gasteiger partial charge in [-0.25, -0.2) is 4.98 Å². The minimum absolute atomic E-state index is 0.159. The van der Waals surface area contributed by atoms with Gasteiger partial charge in [-0.15, -0.1) is 0 Å². The summed E-state index contributed by atoms with van der Waals surface area (Å²) in [4.78, 5) is 15.9. The van der Waals surface area contributed by atoms with Crippen LogP contribution in [0.25, 0.3) is 0 Å². The summed E-state index contributed by atoms with van der Waals surface area (Å²) in [5, 5.41) is 0.688. The van der Waals surface area contributed by atoms with Crippen LogP contribution in [-0.4, -0.2) is 23.3 Å². The predicted octanol–water partition coefficient (Wildman–Crippen LogP) is 3.67. The summed E-state index contributed by atoms with van der Waals surface area (Å²) in [7, 11) is 1.43. The summed E-state index contributed by atoms with van der Waals surface area (Å²) >= 11 is 4.80. The van der Waals surface area contributed by atoms with E-state index in [9.17, 15) is 4.79 Å². The van der Waals surface area contributed by atoms with Gasteiger partial charge in [-0.2, -0.15) is 0 Å². The molecule has 0 N–H and O–H groups in total. The Kier molecular flexibility index (Phi) is 6.58. The Hall–Kier alpha value is -0.550. The van der Waals surface area contributed by atoms with Gasteiger partial charge in [0, 0.05) is 10.7 Å². The summed E-state index contributed by atoms with van der Waals surface area (Å²) in [6.45, 7) is 2.11. The van der Waals surface area contributed by atoms with Crippen molar-refractivity contribution >= 4 is 33.7 Å². The van der Waals surface area contributed by atoms with E-state index in [2.05, 4.69) is 27.8 Å². The molecule has 17 heavy (non-hydrogen) atoms. The molecule has 1 heterocycles. The summed E-state index contributed by atoms with van der Waals surface area (Å²) in [5.41, 5.74) is 0. The molecule has 0 radical (unpaired) electrons. The van der Waals surface area contributed by atoms with Crippen LogP contribution in [0.2, 0.25) is 0 Å². The van der Waals surface area contributed by atoms with Crippen molar-refractivity contribution in [2.45, 2.75) is 36.5 Å². The number of nitrogens with zero attached hydrogens (tertiary/aromatic N) is 1. The first kappa shape index (κ1) is 14.5. The molecule has 1 unspecified atom stereocenters. The topological polar surface area (TPSA) is 39.2 Å². The van der Waals surface area contributed by atoms with Crippen molar-refractivity contribution in [2.24, 2.45) is 0 Å². The first-order chi connectivity index (χ1) is 8.17. The molecule has 0 fully saturated rings. The van der Waals surface area contributed by atoms with Crippen LogP contribution in [0, 0.1) is 0 Å². The van der Waals surface area contributed by atoms with Crippen molar-refractivity contribution in [1.82, 2.24) is 4.98 Å². The molecule has 0 saturated heterocycles. The quantitative estimate of drug-likeness (QED) is 0.593. The second-order valence-electron chi connectivity index (χ2n) is 3.59. The second-order valence-corrected chi connectivity index (χ2v) is 5.73. The predicted molar refractivity (Wildman–Crippen MR) is 73.1 cm³/mol. The molecule has 0 aliphatic carbocycles. The molecule has 1 rings (SSSR count). The Morgan fingerprint density at radius 2 is 2.35 bits per heavy atom. The van der Waals surface area contributed by atoms with Crippen LogP contribution in [-0.2, 0) is 9.53 Å². The average molecular weight is 318 g/mol. The van der Waals surface area contributed by atoms with Gasteiger partial charge < -0.3 is 4.74 Å². The molecule has 0 bridgehead atoms. The third-order valence-corrected chi connectivity index (χ3v) is 3.91. The molecular weight excluding hydrogens is 302 g/mol. The Labute approximate surface area is 114 Å². The van der Waals surface area contributed by atoms with Gasteiger partial charge >= 0.3 is 5.97 Å². The van der Waals surface area contributed by atoms with Crippen LogP contribution < -0.4 is 0 Å². The lowest BCUT2D eigenvalue weighted by atomic mass is 10.2. The molecule has 5 heteroatoms. The molecule has 0 amide bonds. The largest absolute Gasteiger partial charge is 0.468 e. The minimum Gasteiger partial charge on any atom is -0.468 e. The highest BCUT2D eigenvalue weighted by atomic mass is 79.9. The average Bonchev–Trinajstić information content (AvgIpc) is 2.36. The second kappa shape index (κ2) is 7.71. The highest BCUT2D eigenvalue weighted by Crippen LogP contribution is 2.26. The van der Waals surface area contributed by atoms with Crippen LogP contribution in [0.15, 0.2) is 27.8 Å². The summed E-state index contributed by atoms with van der Waals surface area (Å²) in [6.07, 6.45) is 4.65. The van der Waals surface area contributed by atoms with E-state index in [1.54, 1.807) is 6.20 Å². The maximum Gasteiger partial charge on any atom is 0.319 e. The molecular formula is C12H16BrNO2S. The molecule has 0 aromatic carbocycles. The standard InChI is InChI=1S/C12H16BrNO2S/c1-3-4-5-10(12(15)16-2)17-11-7-6-9(13)8-14-11/h6-8,10H,3-5H2,1-2H3. The molecule has 0 aliphatic heterocycles. The molecule has 1 atom stereocenters. The SMILES string of the molecule is CCCCC(Sc1ccc(Br)cn1)C(=O)OC. The molecule has 0 saturated carbocycles. The van der Waals surface area contributed by atoms with Crippen LogP contribution in [0.3, 0.4) is 0 Å². The smallest absolute Gasteiger partial charge is 0.319 e. The highest BCUT2D eigenvalue weighted by Gasteiger charge is 2.20. The Morgan fingerprint density at radius 1 is 1.59 bits per heavy atom. The van der Waals surface area contributed by atoms with E-state index in [4.69, 9.17) is 4.74 Å². The van der Waals surface area contributed by atoms with Crippen molar-refractivity contribution in [3.63, 3.8) is 0 Å². The number of rotatable bonds is 6. The lowest BCUT2D eigenvalue weighted by Crippen LogP contribution is -2.18. The van der Waals surface area contributed by atoms with Gasteiger partial charge in [0.25, 0.3) is 0 Å². The van der Waals surface area contributed by atoms with E-state index in [0.29, 0.717) is 0 Å². The number of unbranched alkanes of at least 4 members (excludes halogenated alkanes) is 1. The number of halogens is 1. The fourth-order valence-corrected chi connectivity index (χ4v) is 2.59. The minimum atomic E-state index is -0.173. The monoisotopic (exact) mass is 317 g/mol. The van der Waals surface area contributed by atoms with Crippen molar-refractivity contribution < 1.29 is 9.53 Å². The van der Waals surface area contributed by atoms with E-state index >= 15 is 0 Å². The number of esters is 1. The van der Waals surface area contributed by atoms with Gasteiger partial charge in [0.2, 0.25) is 0 Å². The van der Waals surface area contributed by atoms with Gasteiger partial charge in [-0.05, 0) is 34.5 Å². The number of methoxy groups -OCH3 is 1. The van der Waals surface area contributed by atoms with Gasteiger partial charge in [-0.1, -0.05) is 31.5 Å². The van der Waals surface area contributed by atoms with E-state index in [1.165, 1.54) is 18.9 Å². The highest BCUT2D eigenvalue weighted by molar-refractivity contribution is 9.10. The number of thioether (sulfide) groups is 1. The van der Waals surface area contributed by atoms with Crippen LogP contribution in [0.5, 0.6) is 0 Å². The number of carbonyl (C=O) groups is 1. The molecule has 94 valence electrons. The fourth-order valence-electron chi connectivity index (χ4n) is 1.32. The van der Waals surface area contributed by atoms with Crippen molar-refractivity contribution in [3.8, 4) is 0 Å². The number of pyridine rings is 1. The fraction of sp³-hybridized carbons (Fsp3) is 0.500. The lowest BCUT2D eigenvalue weighted by molar-refractivity contribution is -0.140. The van der Waals surface area contributed by atoms with E-state index < -0.39 is 0 Å². The van der Waals surface area contributed by atoms with Gasteiger partial charge in [0.15, 0.2) is 0 Å². The number of carbonyl (C=O) groups excluding carboxylic acids is 1. The van der Waals surface area contributed by atoms with Crippen molar-refractivity contribution in [1.29, 1.82) is 0 Å². The number of aromatic nitrogens is 1.